The van der Waals surface area contributed by atoms with Gasteiger partial charge in [0.2, 0.25) is 11.8 Å². The van der Waals surface area contributed by atoms with Crippen LogP contribution in [0.3, 0.4) is 0 Å². The molecule has 0 aromatic rings. The number of hydrogen-bond acceptors (Lipinski definition) is 3. The van der Waals surface area contributed by atoms with Gasteiger partial charge in [0.05, 0.1) is 13.1 Å². The van der Waals surface area contributed by atoms with Crippen molar-refractivity contribution in [1.82, 2.24) is 9.80 Å². The molecule has 5 heteroatoms. The average molecular weight is 272 g/mol. The van der Waals surface area contributed by atoms with E-state index in [1.165, 1.54) is 0 Å². The third kappa shape index (κ3) is 3.19. The van der Waals surface area contributed by atoms with E-state index in [0.29, 0.717) is 13.1 Å². The normalized spacial score (nSPS) is 17.6. The van der Waals surface area contributed by atoms with E-state index in [1.807, 2.05) is 6.92 Å². The Labute approximate surface area is 115 Å². The van der Waals surface area contributed by atoms with Gasteiger partial charge in [0.15, 0.2) is 0 Å². The summed E-state index contributed by atoms with van der Waals surface area (Å²) in [6, 6.07) is 0. The number of carbonyl (C=O) groups is 2. The van der Waals surface area contributed by atoms with Gasteiger partial charge in [0, 0.05) is 13.1 Å². The molecule has 0 unspecified atom stereocenters. The third-order valence-electron chi connectivity index (χ3n) is 4.10. The first-order valence-corrected chi connectivity index (χ1v) is 7.31. The Morgan fingerprint density at radius 3 is 2.00 bits per heavy atom. The van der Waals surface area contributed by atoms with Gasteiger partial charge in [-0.1, -0.05) is 13.8 Å². The monoisotopic (exact) mass is 272 g/mol. The average Bonchev–Trinajstić information content (AvgIpc) is 2.39. The summed E-state index contributed by atoms with van der Waals surface area (Å²) in [5, 5.41) is 0. The van der Waals surface area contributed by atoms with Crippen LogP contribution in [0.2, 0.25) is 0 Å². The van der Waals surface area contributed by atoms with E-state index < -0.39 is 0 Å². The maximum atomic E-state index is 12.0. The molecule has 0 aliphatic carbocycles. The highest BCUT2D eigenvalue weighted by molar-refractivity contribution is 7.80. The molecule has 1 saturated heterocycles. The van der Waals surface area contributed by atoms with Crippen LogP contribution >= 0.6 is 12.6 Å². The molecule has 104 valence electrons. The predicted octanol–water partition coefficient (Wildman–Crippen LogP) is 1.41. The Bertz CT molecular complexity index is 308. The molecule has 0 saturated carbocycles. The van der Waals surface area contributed by atoms with E-state index in [4.69, 9.17) is 0 Å². The van der Waals surface area contributed by atoms with Crippen molar-refractivity contribution in [1.29, 1.82) is 0 Å². The van der Waals surface area contributed by atoms with Gasteiger partial charge in [-0.15, -0.1) is 0 Å². The molecule has 0 bridgehead atoms. The van der Waals surface area contributed by atoms with Crippen molar-refractivity contribution in [2.45, 2.75) is 33.6 Å². The quantitative estimate of drug-likeness (QED) is 0.743. The number of amides is 2. The predicted molar refractivity (Wildman–Crippen MR) is 75.7 cm³/mol. The molecule has 0 aromatic carbocycles. The molecule has 1 heterocycles. The molecular formula is C13H24N2O2S. The van der Waals surface area contributed by atoms with Crippen molar-refractivity contribution < 1.29 is 9.59 Å². The van der Waals surface area contributed by atoms with Gasteiger partial charge in [0.1, 0.15) is 0 Å². The summed E-state index contributed by atoms with van der Waals surface area (Å²) >= 11 is 4.42. The first-order chi connectivity index (χ1) is 8.51. The minimum absolute atomic E-state index is 0.0352. The second kappa shape index (κ2) is 6.45. The van der Waals surface area contributed by atoms with E-state index in [9.17, 15) is 9.59 Å². The lowest BCUT2D eigenvalue weighted by Crippen LogP contribution is -2.56. The standard InChI is InChI=1S/C13H24N2O2S/c1-4-13(5-2,10-18)9-15-8-11(16)14(6-3)7-12(15)17/h18H,4-10H2,1-3H3. The summed E-state index contributed by atoms with van der Waals surface area (Å²) in [7, 11) is 0. The van der Waals surface area contributed by atoms with Crippen LogP contribution in [0.4, 0.5) is 0 Å². The Balaban J connectivity index is 2.73. The van der Waals surface area contributed by atoms with Crippen molar-refractivity contribution in [2.75, 3.05) is 31.9 Å². The van der Waals surface area contributed by atoms with E-state index in [2.05, 4.69) is 26.5 Å². The molecule has 4 nitrogen and oxygen atoms in total. The summed E-state index contributed by atoms with van der Waals surface area (Å²) < 4.78 is 0. The number of likely N-dealkylation sites (N-methyl/N-ethyl adjacent to an activating group) is 1. The number of hydrogen-bond donors (Lipinski definition) is 1. The van der Waals surface area contributed by atoms with Gasteiger partial charge < -0.3 is 9.80 Å². The van der Waals surface area contributed by atoms with Crippen LogP contribution in [0.25, 0.3) is 0 Å². The number of rotatable bonds is 6. The summed E-state index contributed by atoms with van der Waals surface area (Å²) in [5.41, 5.74) is 0.0352. The van der Waals surface area contributed by atoms with E-state index in [0.717, 1.165) is 18.6 Å². The first-order valence-electron chi connectivity index (χ1n) is 6.68. The molecular weight excluding hydrogens is 248 g/mol. The summed E-state index contributed by atoms with van der Waals surface area (Å²) in [6.07, 6.45) is 1.95. The van der Waals surface area contributed by atoms with Gasteiger partial charge in [-0.05, 0) is 30.9 Å². The lowest BCUT2D eigenvalue weighted by molar-refractivity contribution is -0.151. The topological polar surface area (TPSA) is 40.6 Å². The molecule has 1 aliphatic heterocycles. The van der Waals surface area contributed by atoms with Crippen molar-refractivity contribution in [3.63, 3.8) is 0 Å². The Morgan fingerprint density at radius 1 is 1.06 bits per heavy atom. The number of thiol groups is 1. The Kier molecular flexibility index (Phi) is 5.50. The zero-order valence-electron chi connectivity index (χ0n) is 11.6. The minimum atomic E-state index is 0.0352. The largest absolute Gasteiger partial charge is 0.332 e. The van der Waals surface area contributed by atoms with Crippen molar-refractivity contribution in [3.05, 3.63) is 0 Å². The van der Waals surface area contributed by atoms with Crippen LogP contribution in [-0.4, -0.2) is 53.5 Å². The molecule has 1 rings (SSSR count). The minimum Gasteiger partial charge on any atom is -0.332 e. The van der Waals surface area contributed by atoms with E-state index >= 15 is 0 Å². The molecule has 0 atom stereocenters. The van der Waals surface area contributed by atoms with Crippen molar-refractivity contribution in [2.24, 2.45) is 5.41 Å². The van der Waals surface area contributed by atoms with Crippen molar-refractivity contribution in [3.8, 4) is 0 Å². The lowest BCUT2D eigenvalue weighted by atomic mass is 9.83. The Morgan fingerprint density at radius 2 is 1.56 bits per heavy atom. The number of piperazine rings is 1. The highest BCUT2D eigenvalue weighted by Crippen LogP contribution is 2.29. The van der Waals surface area contributed by atoms with Crippen molar-refractivity contribution >= 4 is 24.4 Å². The summed E-state index contributed by atoms with van der Waals surface area (Å²) in [4.78, 5) is 27.2. The van der Waals surface area contributed by atoms with Crippen LogP contribution < -0.4 is 0 Å². The first kappa shape index (κ1) is 15.3. The van der Waals surface area contributed by atoms with Crippen LogP contribution in [0.15, 0.2) is 0 Å². The molecule has 0 N–H and O–H groups in total. The zero-order valence-corrected chi connectivity index (χ0v) is 12.5. The van der Waals surface area contributed by atoms with Crippen LogP contribution in [0.5, 0.6) is 0 Å². The van der Waals surface area contributed by atoms with Gasteiger partial charge in [-0.2, -0.15) is 12.6 Å². The van der Waals surface area contributed by atoms with Crippen LogP contribution in [0.1, 0.15) is 33.6 Å². The van der Waals surface area contributed by atoms with Gasteiger partial charge >= 0.3 is 0 Å². The summed E-state index contributed by atoms with van der Waals surface area (Å²) in [5.74, 6) is 0.858. The highest BCUT2D eigenvalue weighted by atomic mass is 32.1. The third-order valence-corrected chi connectivity index (χ3v) is 4.77. The second-order valence-corrected chi connectivity index (χ2v) is 5.34. The highest BCUT2D eigenvalue weighted by Gasteiger charge is 2.34. The van der Waals surface area contributed by atoms with Crippen LogP contribution in [0, 0.1) is 5.41 Å². The second-order valence-electron chi connectivity index (χ2n) is 5.02. The molecule has 0 spiro atoms. The summed E-state index contributed by atoms with van der Waals surface area (Å²) in [6.45, 7) is 7.84. The Hall–Kier alpha value is -0.710. The molecule has 0 radical (unpaired) electrons. The lowest BCUT2D eigenvalue weighted by Gasteiger charge is -2.40. The van der Waals surface area contributed by atoms with Gasteiger partial charge in [-0.3, -0.25) is 9.59 Å². The molecule has 18 heavy (non-hydrogen) atoms. The maximum absolute atomic E-state index is 12.0. The fourth-order valence-electron chi connectivity index (χ4n) is 2.29. The fourth-order valence-corrected chi connectivity index (χ4v) is 2.83. The molecule has 1 fully saturated rings. The number of carbonyl (C=O) groups excluding carboxylic acids is 2. The molecule has 0 aromatic heterocycles. The zero-order chi connectivity index (χ0) is 13.8. The van der Waals surface area contributed by atoms with E-state index in [-0.39, 0.29) is 30.3 Å². The van der Waals surface area contributed by atoms with Gasteiger partial charge in [0.25, 0.3) is 0 Å². The SMILES string of the molecule is CCN1CC(=O)N(CC(CC)(CC)CS)CC1=O. The van der Waals surface area contributed by atoms with Crippen LogP contribution in [-0.2, 0) is 9.59 Å². The smallest absolute Gasteiger partial charge is 0.242 e. The van der Waals surface area contributed by atoms with Gasteiger partial charge in [-0.25, -0.2) is 0 Å². The maximum Gasteiger partial charge on any atom is 0.242 e. The molecule has 2 amide bonds. The fraction of sp³-hybridized carbons (Fsp3) is 0.846. The van der Waals surface area contributed by atoms with E-state index in [1.54, 1.807) is 9.80 Å². The molecule has 1 aliphatic rings. The number of nitrogens with zero attached hydrogens (tertiary/aromatic N) is 2.